The molecule has 2 rings (SSSR count). The van der Waals surface area contributed by atoms with Gasteiger partial charge in [-0.25, -0.2) is 12.8 Å². The van der Waals surface area contributed by atoms with E-state index in [2.05, 4.69) is 10.0 Å². The number of carbonyl (C=O) groups is 2. The molecule has 0 heterocycles. The fourth-order valence-electron chi connectivity index (χ4n) is 3.00. The number of anilines is 1. The molecule has 0 bridgehead atoms. The van der Waals surface area contributed by atoms with Crippen molar-refractivity contribution < 1.29 is 27.1 Å². The number of rotatable bonds is 9. The Labute approximate surface area is 194 Å². The van der Waals surface area contributed by atoms with Crippen LogP contribution in [0.3, 0.4) is 0 Å². The van der Waals surface area contributed by atoms with Crippen LogP contribution in [0.15, 0.2) is 48.5 Å². The summed E-state index contributed by atoms with van der Waals surface area (Å²) in [5.41, 5.74) is 0.483. The van der Waals surface area contributed by atoms with Crippen LogP contribution in [0.4, 0.5) is 10.1 Å². The number of nitrogens with one attached hydrogen (secondary N) is 2. The summed E-state index contributed by atoms with van der Waals surface area (Å²) in [5.74, 6) is -2.24. The minimum Gasteiger partial charge on any atom is -0.463 e. The Balaban J connectivity index is 2.14. The molecule has 7 nitrogen and oxygen atoms in total. The standard InChI is InChI=1S/C24H31FN2O5S/c1-16(18-11-12-21(20(25)14-18)27-33(5,30)31)22(28)26-19(13-17-9-7-6-8-10-17)15-32-23(29)24(2,3)4/h6-12,14,16,19,27H,13,15H2,1-5H3,(H,26,28)/t16-,19-/m1/s1. The fraction of sp³-hybridized carbons (Fsp3) is 0.417. The molecule has 0 aliphatic heterocycles. The van der Waals surface area contributed by atoms with Gasteiger partial charge in [0.25, 0.3) is 0 Å². The van der Waals surface area contributed by atoms with Gasteiger partial charge in [0.2, 0.25) is 15.9 Å². The summed E-state index contributed by atoms with van der Waals surface area (Å²) in [5, 5.41) is 2.89. The summed E-state index contributed by atoms with van der Waals surface area (Å²) in [6.07, 6.45) is 1.37. The summed E-state index contributed by atoms with van der Waals surface area (Å²) in [7, 11) is -3.63. The molecule has 1 amide bonds. The minimum absolute atomic E-state index is 0.00492. The number of amides is 1. The monoisotopic (exact) mass is 478 g/mol. The van der Waals surface area contributed by atoms with Gasteiger partial charge in [-0.1, -0.05) is 36.4 Å². The van der Waals surface area contributed by atoms with Crippen molar-refractivity contribution >= 4 is 27.6 Å². The van der Waals surface area contributed by atoms with Crippen LogP contribution in [0, 0.1) is 11.2 Å². The molecule has 0 spiro atoms. The third-order valence-electron chi connectivity index (χ3n) is 4.88. The largest absolute Gasteiger partial charge is 0.463 e. The van der Waals surface area contributed by atoms with Gasteiger partial charge in [-0.15, -0.1) is 0 Å². The van der Waals surface area contributed by atoms with Gasteiger partial charge in [0, 0.05) is 0 Å². The van der Waals surface area contributed by atoms with Crippen LogP contribution < -0.4 is 10.0 Å². The van der Waals surface area contributed by atoms with Crippen molar-refractivity contribution in [2.75, 3.05) is 17.6 Å². The van der Waals surface area contributed by atoms with Gasteiger partial charge >= 0.3 is 5.97 Å². The number of hydrogen-bond donors (Lipinski definition) is 2. The summed E-state index contributed by atoms with van der Waals surface area (Å²) in [6, 6.07) is 12.9. The Morgan fingerprint density at radius 3 is 2.27 bits per heavy atom. The lowest BCUT2D eigenvalue weighted by Gasteiger charge is -2.24. The van der Waals surface area contributed by atoms with Crippen LogP contribution in [0.1, 0.15) is 44.7 Å². The number of esters is 1. The number of ether oxygens (including phenoxy) is 1. The van der Waals surface area contributed by atoms with Crippen LogP contribution in [0.25, 0.3) is 0 Å². The van der Waals surface area contributed by atoms with E-state index >= 15 is 0 Å². The topological polar surface area (TPSA) is 102 Å². The molecule has 0 radical (unpaired) electrons. The third kappa shape index (κ3) is 8.49. The molecule has 0 fully saturated rings. The van der Waals surface area contributed by atoms with E-state index in [1.165, 1.54) is 12.1 Å². The Kier molecular flexibility index (Phi) is 8.60. The highest BCUT2D eigenvalue weighted by molar-refractivity contribution is 7.92. The first-order chi connectivity index (χ1) is 15.3. The minimum atomic E-state index is -3.63. The maximum absolute atomic E-state index is 14.4. The predicted octanol–water partition coefficient (Wildman–Crippen LogP) is 3.62. The average molecular weight is 479 g/mol. The lowest BCUT2D eigenvalue weighted by Crippen LogP contribution is -2.43. The van der Waals surface area contributed by atoms with Crippen molar-refractivity contribution in [2.24, 2.45) is 5.41 Å². The van der Waals surface area contributed by atoms with Gasteiger partial charge < -0.3 is 10.1 Å². The summed E-state index contributed by atoms with van der Waals surface area (Å²) in [6.45, 7) is 6.86. The zero-order valence-corrected chi connectivity index (χ0v) is 20.3. The number of benzene rings is 2. The molecular weight excluding hydrogens is 447 g/mol. The SMILES string of the molecule is C[C@@H](C(=O)N[C@@H](COC(=O)C(C)(C)C)Cc1ccccc1)c1ccc(NS(C)(=O)=O)c(F)c1. The molecule has 0 saturated carbocycles. The number of carbonyl (C=O) groups excluding carboxylic acids is 2. The first-order valence-electron chi connectivity index (χ1n) is 10.5. The first-order valence-corrected chi connectivity index (χ1v) is 12.4. The lowest BCUT2D eigenvalue weighted by molar-refractivity contribution is -0.154. The summed E-state index contributed by atoms with van der Waals surface area (Å²) in [4.78, 5) is 25.1. The van der Waals surface area contributed by atoms with Crippen molar-refractivity contribution in [2.45, 2.75) is 46.1 Å². The highest BCUT2D eigenvalue weighted by Gasteiger charge is 2.26. The van der Waals surface area contributed by atoms with Crippen LogP contribution >= 0.6 is 0 Å². The van der Waals surface area contributed by atoms with Crippen molar-refractivity contribution in [3.63, 3.8) is 0 Å². The van der Waals surface area contributed by atoms with E-state index in [-0.39, 0.29) is 24.2 Å². The Bertz CT molecular complexity index is 1080. The van der Waals surface area contributed by atoms with Gasteiger partial charge in [0.1, 0.15) is 12.4 Å². The molecule has 0 aromatic heterocycles. The molecule has 2 atom stereocenters. The summed E-state index contributed by atoms with van der Waals surface area (Å²) < 4.78 is 44.6. The molecule has 0 aliphatic rings. The maximum Gasteiger partial charge on any atom is 0.311 e. The van der Waals surface area contributed by atoms with E-state index in [1.807, 2.05) is 30.3 Å². The molecule has 0 unspecified atom stereocenters. The van der Waals surface area contributed by atoms with Gasteiger partial charge in [0.05, 0.1) is 29.3 Å². The molecule has 9 heteroatoms. The molecule has 2 aromatic rings. The van der Waals surface area contributed by atoms with E-state index in [9.17, 15) is 22.4 Å². The van der Waals surface area contributed by atoms with Crippen LogP contribution in [-0.2, 0) is 30.8 Å². The lowest BCUT2D eigenvalue weighted by atomic mass is 9.97. The smallest absolute Gasteiger partial charge is 0.311 e. The molecular formula is C24H31FN2O5S. The van der Waals surface area contributed by atoms with Crippen LogP contribution in [-0.4, -0.2) is 39.2 Å². The van der Waals surface area contributed by atoms with Gasteiger partial charge in [-0.3, -0.25) is 14.3 Å². The molecule has 180 valence electrons. The average Bonchev–Trinajstić information content (AvgIpc) is 2.71. The van der Waals surface area contributed by atoms with Crippen molar-refractivity contribution in [3.05, 3.63) is 65.5 Å². The zero-order valence-electron chi connectivity index (χ0n) is 19.5. The first kappa shape index (κ1) is 26.3. The number of sulfonamides is 1. The predicted molar refractivity (Wildman–Crippen MR) is 126 cm³/mol. The quantitative estimate of drug-likeness (QED) is 0.536. The normalized spacial score (nSPS) is 13.6. The van der Waals surface area contributed by atoms with Gasteiger partial charge in [-0.05, 0) is 57.4 Å². The number of halogens is 1. The third-order valence-corrected chi connectivity index (χ3v) is 5.47. The molecule has 2 N–H and O–H groups in total. The Morgan fingerprint density at radius 2 is 1.73 bits per heavy atom. The summed E-state index contributed by atoms with van der Waals surface area (Å²) >= 11 is 0. The van der Waals surface area contributed by atoms with E-state index in [0.29, 0.717) is 12.0 Å². The Hall–Kier alpha value is -2.94. The Morgan fingerprint density at radius 1 is 1.09 bits per heavy atom. The number of hydrogen-bond acceptors (Lipinski definition) is 5. The zero-order chi connectivity index (χ0) is 24.8. The second-order valence-corrected chi connectivity index (χ2v) is 10.8. The molecule has 2 aromatic carbocycles. The van der Waals surface area contributed by atoms with Gasteiger partial charge in [-0.2, -0.15) is 0 Å². The molecule has 0 aliphatic carbocycles. The maximum atomic E-state index is 14.4. The van der Waals surface area contributed by atoms with E-state index in [4.69, 9.17) is 4.74 Å². The van der Waals surface area contributed by atoms with Crippen LogP contribution in [0.5, 0.6) is 0 Å². The molecule has 0 saturated heterocycles. The van der Waals surface area contributed by atoms with Crippen molar-refractivity contribution in [1.29, 1.82) is 0 Å². The van der Waals surface area contributed by atoms with Gasteiger partial charge in [0.15, 0.2) is 0 Å². The second-order valence-electron chi connectivity index (χ2n) is 9.08. The van der Waals surface area contributed by atoms with E-state index in [1.54, 1.807) is 27.7 Å². The molecule has 33 heavy (non-hydrogen) atoms. The van der Waals surface area contributed by atoms with E-state index < -0.39 is 33.2 Å². The highest BCUT2D eigenvalue weighted by Crippen LogP contribution is 2.23. The van der Waals surface area contributed by atoms with E-state index in [0.717, 1.165) is 17.9 Å². The van der Waals surface area contributed by atoms with Crippen molar-refractivity contribution in [1.82, 2.24) is 5.32 Å². The fourth-order valence-corrected chi connectivity index (χ4v) is 3.57. The van der Waals surface area contributed by atoms with Crippen molar-refractivity contribution in [3.8, 4) is 0 Å². The highest BCUT2D eigenvalue weighted by atomic mass is 32.2. The van der Waals surface area contributed by atoms with Crippen LogP contribution in [0.2, 0.25) is 0 Å². The second kappa shape index (κ2) is 10.8.